The number of carboxylic acid groups (broad SMARTS) is 1. The summed E-state index contributed by atoms with van der Waals surface area (Å²) >= 11 is 0. The molecule has 0 bridgehead atoms. The number of aromatic carboxylic acids is 1. The Morgan fingerprint density at radius 3 is 2.65 bits per heavy atom. The van der Waals surface area contributed by atoms with Gasteiger partial charge in [0.2, 0.25) is 0 Å². The molecule has 0 saturated carbocycles. The number of carboxylic acids is 1. The number of hydrogen-bond acceptors (Lipinski definition) is 4. The van der Waals surface area contributed by atoms with Crippen LogP contribution in [-0.4, -0.2) is 20.9 Å². The number of aryl methyl sites for hydroxylation is 1. The van der Waals surface area contributed by atoms with E-state index in [9.17, 15) is 9.59 Å². The van der Waals surface area contributed by atoms with Crippen LogP contribution < -0.4 is 5.56 Å². The zero-order valence-electron chi connectivity index (χ0n) is 10.9. The van der Waals surface area contributed by atoms with Crippen molar-refractivity contribution in [3.05, 3.63) is 57.0 Å². The minimum Gasteiger partial charge on any atom is -0.476 e. The first kappa shape index (κ1) is 13.5. The van der Waals surface area contributed by atoms with E-state index >= 15 is 0 Å². The smallest absolute Gasteiger partial charge is 0.356 e. The lowest BCUT2D eigenvalue weighted by Crippen LogP contribution is -2.28. The Labute approximate surface area is 114 Å². The van der Waals surface area contributed by atoms with Crippen LogP contribution in [0, 0.1) is 25.2 Å². The SMILES string of the molecule is Cc1cccc(-n2nc(C(=O)O)c(C)c(C#N)c2=O)c1. The molecule has 0 aliphatic heterocycles. The van der Waals surface area contributed by atoms with Gasteiger partial charge < -0.3 is 5.11 Å². The molecular weight excluding hydrogens is 258 g/mol. The van der Waals surface area contributed by atoms with Crippen molar-refractivity contribution in [2.24, 2.45) is 0 Å². The van der Waals surface area contributed by atoms with Crippen LogP contribution in [0.3, 0.4) is 0 Å². The Morgan fingerprint density at radius 2 is 2.10 bits per heavy atom. The first-order chi connectivity index (χ1) is 9.45. The Balaban J connectivity index is 2.85. The van der Waals surface area contributed by atoms with Crippen LogP contribution in [0.15, 0.2) is 29.1 Å². The Bertz CT molecular complexity index is 800. The second-order valence-corrected chi connectivity index (χ2v) is 4.32. The first-order valence-electron chi connectivity index (χ1n) is 5.80. The lowest BCUT2D eigenvalue weighted by molar-refractivity contribution is 0.0687. The van der Waals surface area contributed by atoms with Crippen LogP contribution in [0.5, 0.6) is 0 Å². The fourth-order valence-electron chi connectivity index (χ4n) is 1.87. The average molecular weight is 269 g/mol. The molecule has 1 aromatic heterocycles. The van der Waals surface area contributed by atoms with E-state index in [1.54, 1.807) is 24.3 Å². The highest BCUT2D eigenvalue weighted by molar-refractivity contribution is 5.87. The number of nitrogens with zero attached hydrogens (tertiary/aromatic N) is 3. The van der Waals surface area contributed by atoms with Crippen molar-refractivity contribution in [2.45, 2.75) is 13.8 Å². The van der Waals surface area contributed by atoms with E-state index in [2.05, 4.69) is 5.10 Å². The molecule has 1 N–H and O–H groups in total. The summed E-state index contributed by atoms with van der Waals surface area (Å²) in [5, 5.41) is 22.0. The van der Waals surface area contributed by atoms with Gasteiger partial charge >= 0.3 is 5.97 Å². The van der Waals surface area contributed by atoms with Crippen molar-refractivity contribution >= 4 is 5.97 Å². The van der Waals surface area contributed by atoms with Crippen LogP contribution in [0.25, 0.3) is 5.69 Å². The highest BCUT2D eigenvalue weighted by Crippen LogP contribution is 2.11. The molecule has 0 radical (unpaired) electrons. The molecule has 6 heteroatoms. The zero-order valence-corrected chi connectivity index (χ0v) is 10.9. The number of rotatable bonds is 2. The van der Waals surface area contributed by atoms with Crippen molar-refractivity contribution < 1.29 is 9.90 Å². The zero-order chi connectivity index (χ0) is 14.9. The lowest BCUT2D eigenvalue weighted by Gasteiger charge is -2.09. The van der Waals surface area contributed by atoms with Crippen molar-refractivity contribution in [3.63, 3.8) is 0 Å². The minimum atomic E-state index is -1.28. The summed E-state index contributed by atoms with van der Waals surface area (Å²) < 4.78 is 0.946. The molecule has 0 unspecified atom stereocenters. The number of hydrogen-bond donors (Lipinski definition) is 1. The van der Waals surface area contributed by atoms with E-state index in [1.807, 2.05) is 13.0 Å². The molecule has 0 aliphatic rings. The third kappa shape index (κ3) is 2.17. The molecule has 0 aliphatic carbocycles. The largest absolute Gasteiger partial charge is 0.476 e. The molecule has 0 saturated heterocycles. The van der Waals surface area contributed by atoms with Gasteiger partial charge in [-0.25, -0.2) is 4.79 Å². The number of benzene rings is 1. The summed E-state index contributed by atoms with van der Waals surface area (Å²) in [5.74, 6) is -1.28. The van der Waals surface area contributed by atoms with Crippen LogP contribution in [-0.2, 0) is 0 Å². The van der Waals surface area contributed by atoms with Crippen molar-refractivity contribution in [1.29, 1.82) is 5.26 Å². The summed E-state index contributed by atoms with van der Waals surface area (Å²) in [5.41, 5.74) is 0.261. The molecule has 2 rings (SSSR count). The van der Waals surface area contributed by atoms with Gasteiger partial charge in [-0.05, 0) is 31.5 Å². The Morgan fingerprint density at radius 1 is 1.40 bits per heavy atom. The maximum atomic E-state index is 12.2. The highest BCUT2D eigenvalue weighted by atomic mass is 16.4. The number of aromatic nitrogens is 2. The molecule has 0 fully saturated rings. The third-order valence-corrected chi connectivity index (χ3v) is 2.90. The van der Waals surface area contributed by atoms with Gasteiger partial charge in [0.1, 0.15) is 11.6 Å². The second kappa shape index (κ2) is 4.97. The van der Waals surface area contributed by atoms with E-state index in [0.717, 1.165) is 10.2 Å². The van der Waals surface area contributed by atoms with Crippen LogP contribution >= 0.6 is 0 Å². The summed E-state index contributed by atoms with van der Waals surface area (Å²) in [6.07, 6.45) is 0. The van der Waals surface area contributed by atoms with Crippen molar-refractivity contribution in [2.75, 3.05) is 0 Å². The monoisotopic (exact) mass is 269 g/mol. The van der Waals surface area contributed by atoms with Gasteiger partial charge in [-0.15, -0.1) is 0 Å². The standard InChI is InChI=1S/C14H11N3O3/c1-8-4-3-5-10(6-8)17-13(18)11(7-15)9(2)12(16-17)14(19)20/h3-6H,1-2H3,(H,19,20). The topological polar surface area (TPSA) is 96.0 Å². The number of nitriles is 1. The van der Waals surface area contributed by atoms with Gasteiger partial charge in [-0.2, -0.15) is 15.0 Å². The van der Waals surface area contributed by atoms with Gasteiger partial charge in [0.25, 0.3) is 5.56 Å². The quantitative estimate of drug-likeness (QED) is 0.889. The summed E-state index contributed by atoms with van der Waals surface area (Å²) in [6.45, 7) is 3.24. The molecule has 0 amide bonds. The Hall–Kier alpha value is -2.94. The normalized spacial score (nSPS) is 10.1. The van der Waals surface area contributed by atoms with E-state index in [1.165, 1.54) is 6.92 Å². The predicted octanol–water partition coefficient (Wildman–Crippen LogP) is 1.42. The summed E-state index contributed by atoms with van der Waals surface area (Å²) in [6, 6.07) is 8.63. The molecule has 6 nitrogen and oxygen atoms in total. The fourth-order valence-corrected chi connectivity index (χ4v) is 1.87. The molecule has 0 spiro atoms. The molecule has 20 heavy (non-hydrogen) atoms. The average Bonchev–Trinajstić information content (AvgIpc) is 2.39. The molecule has 1 aromatic carbocycles. The summed E-state index contributed by atoms with van der Waals surface area (Å²) in [7, 11) is 0. The van der Waals surface area contributed by atoms with Crippen LogP contribution in [0.4, 0.5) is 0 Å². The molecule has 100 valence electrons. The lowest BCUT2D eigenvalue weighted by atomic mass is 10.1. The Kier molecular flexibility index (Phi) is 3.36. The van der Waals surface area contributed by atoms with Gasteiger partial charge in [0, 0.05) is 5.56 Å². The minimum absolute atomic E-state index is 0.0777. The molecule has 2 aromatic rings. The van der Waals surface area contributed by atoms with E-state index < -0.39 is 11.5 Å². The molecule has 1 heterocycles. The van der Waals surface area contributed by atoms with Crippen molar-refractivity contribution in [1.82, 2.24) is 9.78 Å². The molecular formula is C14H11N3O3. The van der Waals surface area contributed by atoms with Gasteiger partial charge in [-0.1, -0.05) is 12.1 Å². The van der Waals surface area contributed by atoms with Crippen molar-refractivity contribution in [3.8, 4) is 11.8 Å². The van der Waals surface area contributed by atoms with E-state index in [0.29, 0.717) is 5.69 Å². The van der Waals surface area contributed by atoms with Gasteiger partial charge in [-0.3, -0.25) is 4.79 Å². The van der Waals surface area contributed by atoms with Crippen LogP contribution in [0.2, 0.25) is 0 Å². The van der Waals surface area contributed by atoms with Crippen LogP contribution in [0.1, 0.15) is 27.2 Å². The van der Waals surface area contributed by atoms with E-state index in [-0.39, 0.29) is 16.8 Å². The van der Waals surface area contributed by atoms with E-state index in [4.69, 9.17) is 10.4 Å². The fraction of sp³-hybridized carbons (Fsp3) is 0.143. The maximum Gasteiger partial charge on any atom is 0.356 e. The second-order valence-electron chi connectivity index (χ2n) is 4.32. The molecule has 0 atom stereocenters. The summed E-state index contributed by atoms with van der Waals surface area (Å²) in [4.78, 5) is 23.4. The third-order valence-electron chi connectivity index (χ3n) is 2.90. The first-order valence-corrected chi connectivity index (χ1v) is 5.80. The maximum absolute atomic E-state index is 12.2. The predicted molar refractivity (Wildman–Crippen MR) is 71.0 cm³/mol. The highest BCUT2D eigenvalue weighted by Gasteiger charge is 2.19. The van der Waals surface area contributed by atoms with Gasteiger partial charge in [0.15, 0.2) is 5.69 Å². The number of carbonyl (C=O) groups is 1. The van der Waals surface area contributed by atoms with Gasteiger partial charge in [0.05, 0.1) is 5.69 Å².